The maximum Gasteiger partial charge on any atom is 0.274 e. The number of aryl methyl sites for hydroxylation is 2. The molecule has 0 aliphatic heterocycles. The van der Waals surface area contributed by atoms with Gasteiger partial charge in [-0.1, -0.05) is 11.6 Å². The van der Waals surface area contributed by atoms with Crippen LogP contribution in [0.1, 0.15) is 27.3 Å². The van der Waals surface area contributed by atoms with Crippen molar-refractivity contribution in [1.29, 1.82) is 5.26 Å². The van der Waals surface area contributed by atoms with Crippen molar-refractivity contribution in [2.75, 3.05) is 10.6 Å². The number of rotatable bonds is 4. The second kappa shape index (κ2) is 7.85. The van der Waals surface area contributed by atoms with Gasteiger partial charge in [0.1, 0.15) is 5.69 Å². The van der Waals surface area contributed by atoms with Gasteiger partial charge in [0.05, 0.1) is 11.6 Å². The van der Waals surface area contributed by atoms with Crippen LogP contribution < -0.4 is 10.6 Å². The van der Waals surface area contributed by atoms with Crippen LogP contribution in [0.2, 0.25) is 5.02 Å². The van der Waals surface area contributed by atoms with Crippen LogP contribution >= 0.6 is 11.6 Å². The lowest BCUT2D eigenvalue weighted by atomic mass is 10.2. The predicted octanol–water partition coefficient (Wildman–Crippen LogP) is 4.61. The summed E-state index contributed by atoms with van der Waals surface area (Å²) in [5, 5.41) is 15.4. The van der Waals surface area contributed by atoms with E-state index in [0.29, 0.717) is 27.9 Å². The number of nitrogens with zero attached hydrogens (tertiary/aromatic N) is 3. The zero-order valence-corrected chi connectivity index (χ0v) is 15.5. The molecule has 1 amide bonds. The molecule has 6 nitrogen and oxygen atoms in total. The van der Waals surface area contributed by atoms with E-state index in [2.05, 4.69) is 20.6 Å². The Bertz CT molecular complexity index is 1040. The summed E-state index contributed by atoms with van der Waals surface area (Å²) in [6.07, 6.45) is 0. The molecule has 0 radical (unpaired) electrons. The van der Waals surface area contributed by atoms with E-state index in [1.165, 1.54) is 0 Å². The van der Waals surface area contributed by atoms with E-state index in [9.17, 15) is 4.79 Å². The Balaban J connectivity index is 1.81. The van der Waals surface area contributed by atoms with E-state index in [1.807, 2.05) is 25.1 Å². The highest BCUT2D eigenvalue weighted by atomic mass is 35.5. The molecule has 1 heterocycles. The normalized spacial score (nSPS) is 10.1. The lowest BCUT2D eigenvalue weighted by Gasteiger charge is -2.11. The number of benzene rings is 2. The van der Waals surface area contributed by atoms with Gasteiger partial charge in [0.15, 0.2) is 0 Å². The average Bonchev–Trinajstić information content (AvgIpc) is 2.64. The first-order valence-corrected chi connectivity index (χ1v) is 8.53. The predicted molar refractivity (Wildman–Crippen MR) is 105 cm³/mol. The molecule has 0 atom stereocenters. The molecule has 0 fully saturated rings. The van der Waals surface area contributed by atoms with Crippen molar-refractivity contribution in [3.05, 3.63) is 76.1 Å². The Hall–Kier alpha value is -3.43. The summed E-state index contributed by atoms with van der Waals surface area (Å²) >= 11 is 5.98. The molecule has 0 saturated heterocycles. The van der Waals surface area contributed by atoms with Gasteiger partial charge < -0.3 is 10.6 Å². The summed E-state index contributed by atoms with van der Waals surface area (Å²) < 4.78 is 0. The molecule has 0 bridgehead atoms. The summed E-state index contributed by atoms with van der Waals surface area (Å²) in [4.78, 5) is 21.2. The Morgan fingerprint density at radius 2 is 1.81 bits per heavy atom. The number of carbonyl (C=O) groups excluding carboxylic acids is 1. The van der Waals surface area contributed by atoms with Crippen molar-refractivity contribution in [2.45, 2.75) is 13.8 Å². The smallest absolute Gasteiger partial charge is 0.274 e. The maximum absolute atomic E-state index is 12.5. The third kappa shape index (κ3) is 4.60. The largest absolute Gasteiger partial charge is 0.324 e. The monoisotopic (exact) mass is 377 g/mol. The molecule has 134 valence electrons. The fraction of sp³-hybridized carbons (Fsp3) is 0.100. The molecule has 0 unspecified atom stereocenters. The number of anilines is 3. The summed E-state index contributed by atoms with van der Waals surface area (Å²) in [7, 11) is 0. The van der Waals surface area contributed by atoms with Crippen LogP contribution in [0.3, 0.4) is 0 Å². The number of nitriles is 1. The number of aromatic nitrogens is 2. The standard InChI is InChI=1S/C20H16ClN5O/c1-12-9-15(21)5-8-17(12)25-20-23-13(2)10-18(26-20)19(27)24-16-6-3-14(11-22)4-7-16/h3-10H,1-2H3,(H,24,27)(H,23,25,26). The first kappa shape index (κ1) is 18.4. The fourth-order valence-corrected chi connectivity index (χ4v) is 2.68. The zero-order valence-electron chi connectivity index (χ0n) is 14.7. The molecule has 3 rings (SSSR count). The molecule has 7 heteroatoms. The highest BCUT2D eigenvalue weighted by Crippen LogP contribution is 2.22. The van der Waals surface area contributed by atoms with Crippen LogP contribution in [0.5, 0.6) is 0 Å². The average molecular weight is 378 g/mol. The van der Waals surface area contributed by atoms with Crippen LogP contribution in [-0.2, 0) is 0 Å². The van der Waals surface area contributed by atoms with Crippen LogP contribution in [0.25, 0.3) is 0 Å². The SMILES string of the molecule is Cc1cc(C(=O)Nc2ccc(C#N)cc2)nc(Nc2ccc(Cl)cc2C)n1. The summed E-state index contributed by atoms with van der Waals surface area (Å²) in [5.74, 6) is -0.0357. The van der Waals surface area contributed by atoms with E-state index < -0.39 is 0 Å². The van der Waals surface area contributed by atoms with Crippen molar-refractivity contribution in [3.63, 3.8) is 0 Å². The first-order chi connectivity index (χ1) is 12.9. The lowest BCUT2D eigenvalue weighted by Crippen LogP contribution is -2.15. The highest BCUT2D eigenvalue weighted by molar-refractivity contribution is 6.30. The van der Waals surface area contributed by atoms with Crippen LogP contribution in [0.4, 0.5) is 17.3 Å². The number of hydrogen-bond acceptors (Lipinski definition) is 5. The van der Waals surface area contributed by atoms with Crippen molar-refractivity contribution in [2.24, 2.45) is 0 Å². The van der Waals surface area contributed by atoms with Crippen LogP contribution in [-0.4, -0.2) is 15.9 Å². The van der Waals surface area contributed by atoms with E-state index in [4.69, 9.17) is 16.9 Å². The minimum absolute atomic E-state index is 0.237. The van der Waals surface area contributed by atoms with E-state index >= 15 is 0 Å². The third-order valence-corrected chi connectivity index (χ3v) is 4.03. The number of halogens is 1. The summed E-state index contributed by atoms with van der Waals surface area (Å²) in [6, 6.07) is 15.7. The second-order valence-corrected chi connectivity index (χ2v) is 6.38. The summed E-state index contributed by atoms with van der Waals surface area (Å²) in [5.41, 5.74) is 3.75. The molecule has 0 saturated carbocycles. The van der Waals surface area contributed by atoms with Crippen LogP contribution in [0.15, 0.2) is 48.5 Å². The Morgan fingerprint density at radius 1 is 1.07 bits per heavy atom. The molecule has 3 aromatic rings. The Labute approximate surface area is 161 Å². The van der Waals surface area contributed by atoms with Crippen molar-refractivity contribution in [1.82, 2.24) is 9.97 Å². The molecule has 0 aliphatic rings. The fourth-order valence-electron chi connectivity index (χ4n) is 2.45. The minimum Gasteiger partial charge on any atom is -0.324 e. The molecule has 27 heavy (non-hydrogen) atoms. The van der Waals surface area contributed by atoms with E-state index in [0.717, 1.165) is 11.3 Å². The van der Waals surface area contributed by atoms with Crippen LogP contribution in [0, 0.1) is 25.2 Å². The van der Waals surface area contributed by atoms with Gasteiger partial charge in [-0.15, -0.1) is 0 Å². The van der Waals surface area contributed by atoms with E-state index in [-0.39, 0.29) is 11.6 Å². The molecule has 0 aliphatic carbocycles. The Kier molecular flexibility index (Phi) is 5.34. The molecule has 2 aromatic carbocycles. The van der Waals surface area contributed by atoms with Crippen molar-refractivity contribution >= 4 is 34.8 Å². The molecular formula is C20H16ClN5O. The van der Waals surface area contributed by atoms with E-state index in [1.54, 1.807) is 43.3 Å². The second-order valence-electron chi connectivity index (χ2n) is 5.95. The third-order valence-electron chi connectivity index (χ3n) is 3.79. The molecule has 1 aromatic heterocycles. The van der Waals surface area contributed by atoms with Gasteiger partial charge in [-0.25, -0.2) is 9.97 Å². The van der Waals surface area contributed by atoms with Gasteiger partial charge >= 0.3 is 0 Å². The molecule has 0 spiro atoms. The topological polar surface area (TPSA) is 90.7 Å². The molecular weight excluding hydrogens is 362 g/mol. The van der Waals surface area contributed by atoms with Gasteiger partial charge in [0, 0.05) is 22.1 Å². The van der Waals surface area contributed by atoms with Gasteiger partial charge in [0.2, 0.25) is 5.95 Å². The highest BCUT2D eigenvalue weighted by Gasteiger charge is 2.12. The summed E-state index contributed by atoms with van der Waals surface area (Å²) in [6.45, 7) is 3.71. The number of nitrogens with one attached hydrogen (secondary N) is 2. The first-order valence-electron chi connectivity index (χ1n) is 8.15. The lowest BCUT2D eigenvalue weighted by molar-refractivity contribution is 0.102. The van der Waals surface area contributed by atoms with Gasteiger partial charge in [-0.05, 0) is 67.9 Å². The number of hydrogen-bond donors (Lipinski definition) is 2. The van der Waals surface area contributed by atoms with Crippen molar-refractivity contribution in [3.8, 4) is 6.07 Å². The maximum atomic E-state index is 12.5. The number of carbonyl (C=O) groups is 1. The van der Waals surface area contributed by atoms with Gasteiger partial charge in [-0.3, -0.25) is 4.79 Å². The van der Waals surface area contributed by atoms with Crippen molar-refractivity contribution < 1.29 is 4.79 Å². The van der Waals surface area contributed by atoms with Gasteiger partial charge in [-0.2, -0.15) is 5.26 Å². The molecule has 2 N–H and O–H groups in total. The Morgan fingerprint density at radius 3 is 2.48 bits per heavy atom. The van der Waals surface area contributed by atoms with Gasteiger partial charge in [0.25, 0.3) is 5.91 Å². The number of amides is 1. The zero-order chi connectivity index (χ0) is 19.4. The minimum atomic E-state index is -0.360. The quantitative estimate of drug-likeness (QED) is 0.692.